The Labute approximate surface area is 117 Å². The highest BCUT2D eigenvalue weighted by atomic mass is 19.3. The Kier molecular flexibility index (Phi) is 6.04. The average molecular weight is 285 g/mol. The van der Waals surface area contributed by atoms with E-state index in [-0.39, 0.29) is 0 Å². The van der Waals surface area contributed by atoms with Crippen molar-refractivity contribution in [1.29, 1.82) is 0 Å². The topological polar surface area (TPSA) is 58.4 Å². The Morgan fingerprint density at radius 2 is 2.00 bits per heavy atom. The quantitative estimate of drug-likeness (QED) is 0.796. The van der Waals surface area contributed by atoms with Crippen LogP contribution in [0.15, 0.2) is 30.3 Å². The van der Waals surface area contributed by atoms with Crippen molar-refractivity contribution in [1.82, 2.24) is 10.2 Å². The molecule has 6 heteroatoms. The highest BCUT2D eigenvalue weighted by Gasteiger charge is 2.30. The molecular weight excluding hydrogens is 264 g/mol. The lowest BCUT2D eigenvalue weighted by molar-refractivity contribution is -0.128. The van der Waals surface area contributed by atoms with Crippen LogP contribution in [0.4, 0.5) is 8.78 Å². The fourth-order valence-corrected chi connectivity index (χ4v) is 1.81. The zero-order chi connectivity index (χ0) is 15.2. The van der Waals surface area contributed by atoms with Crippen LogP contribution in [0.5, 0.6) is 0 Å². The van der Waals surface area contributed by atoms with Gasteiger partial charge in [-0.3, -0.25) is 9.69 Å². The third-order valence-electron chi connectivity index (χ3n) is 3.12. The summed E-state index contributed by atoms with van der Waals surface area (Å²) in [5.74, 6) is -3.53. The number of benzene rings is 1. The number of rotatable bonds is 7. The van der Waals surface area contributed by atoms with E-state index in [4.69, 9.17) is 5.73 Å². The second-order valence-electron chi connectivity index (χ2n) is 4.66. The predicted octanol–water partition coefficient (Wildman–Crippen LogP) is 1.39. The van der Waals surface area contributed by atoms with Crippen molar-refractivity contribution >= 4 is 5.91 Å². The monoisotopic (exact) mass is 285 g/mol. The number of likely N-dealkylation sites (N-methyl/N-ethyl adjacent to an activating group) is 1. The fraction of sp³-hybridized carbons (Fsp3) is 0.500. The van der Waals surface area contributed by atoms with Crippen molar-refractivity contribution in [3.63, 3.8) is 0 Å². The highest BCUT2D eigenvalue weighted by molar-refractivity contribution is 5.83. The summed E-state index contributed by atoms with van der Waals surface area (Å²) in [7, 11) is 1.78. The van der Waals surface area contributed by atoms with Crippen molar-refractivity contribution in [3.8, 4) is 0 Å². The van der Waals surface area contributed by atoms with E-state index >= 15 is 0 Å². The molecule has 0 aliphatic rings. The maximum absolute atomic E-state index is 13.1. The molecule has 3 N–H and O–H groups in total. The molecule has 0 radical (unpaired) electrons. The van der Waals surface area contributed by atoms with E-state index < -0.39 is 31.0 Å². The van der Waals surface area contributed by atoms with Gasteiger partial charge in [0.2, 0.25) is 5.91 Å². The first-order valence-electron chi connectivity index (χ1n) is 6.52. The summed E-state index contributed by atoms with van der Waals surface area (Å²) < 4.78 is 26.2. The maximum atomic E-state index is 13.1. The molecule has 0 aliphatic carbocycles. The molecular formula is C14H21F2N3O. The molecule has 1 aromatic rings. The zero-order valence-corrected chi connectivity index (χ0v) is 11.8. The number of nitrogens with one attached hydrogen (secondary N) is 1. The van der Waals surface area contributed by atoms with Crippen LogP contribution in [0.3, 0.4) is 0 Å². The average Bonchev–Trinajstić information content (AvgIpc) is 2.46. The summed E-state index contributed by atoms with van der Waals surface area (Å²) >= 11 is 0. The van der Waals surface area contributed by atoms with Gasteiger partial charge in [0.25, 0.3) is 5.92 Å². The van der Waals surface area contributed by atoms with E-state index in [1.54, 1.807) is 24.1 Å². The van der Waals surface area contributed by atoms with Crippen molar-refractivity contribution in [2.75, 3.05) is 26.7 Å². The first-order valence-corrected chi connectivity index (χ1v) is 6.52. The molecule has 0 aromatic heterocycles. The number of alkyl halides is 2. The van der Waals surface area contributed by atoms with Gasteiger partial charge in [0.1, 0.15) is 6.04 Å². The Balaban J connectivity index is 2.82. The molecule has 0 saturated carbocycles. The predicted molar refractivity (Wildman–Crippen MR) is 74.5 cm³/mol. The van der Waals surface area contributed by atoms with E-state index in [0.29, 0.717) is 6.54 Å². The van der Waals surface area contributed by atoms with Crippen molar-refractivity contribution in [2.24, 2.45) is 5.73 Å². The van der Waals surface area contributed by atoms with Crippen LogP contribution in [0.25, 0.3) is 0 Å². The van der Waals surface area contributed by atoms with Crippen LogP contribution in [-0.2, 0) is 4.79 Å². The van der Waals surface area contributed by atoms with Crippen LogP contribution in [0, 0.1) is 0 Å². The Bertz CT molecular complexity index is 426. The Morgan fingerprint density at radius 3 is 2.50 bits per heavy atom. The van der Waals surface area contributed by atoms with E-state index in [2.05, 4.69) is 5.32 Å². The van der Waals surface area contributed by atoms with Gasteiger partial charge < -0.3 is 11.1 Å². The SMILES string of the molecule is CCN(C)C(C(=O)NCC(F)(F)CN)c1ccccc1. The minimum absolute atomic E-state index is 0.450. The number of carbonyl (C=O) groups is 1. The minimum atomic E-state index is -3.08. The van der Waals surface area contributed by atoms with E-state index in [9.17, 15) is 13.6 Å². The van der Waals surface area contributed by atoms with Gasteiger partial charge in [-0.05, 0) is 19.2 Å². The lowest BCUT2D eigenvalue weighted by atomic mass is 10.0. The molecule has 0 aliphatic heterocycles. The van der Waals surface area contributed by atoms with Crippen LogP contribution in [0.2, 0.25) is 0 Å². The third-order valence-corrected chi connectivity index (χ3v) is 3.12. The van der Waals surface area contributed by atoms with Gasteiger partial charge in [-0.1, -0.05) is 37.3 Å². The molecule has 0 saturated heterocycles. The number of amides is 1. The lowest BCUT2D eigenvalue weighted by Gasteiger charge is -2.27. The van der Waals surface area contributed by atoms with Crippen molar-refractivity contribution in [3.05, 3.63) is 35.9 Å². The van der Waals surface area contributed by atoms with Crippen molar-refractivity contribution in [2.45, 2.75) is 18.9 Å². The Morgan fingerprint density at radius 1 is 1.40 bits per heavy atom. The lowest BCUT2D eigenvalue weighted by Crippen LogP contribution is -2.45. The molecule has 0 fully saturated rings. The summed E-state index contributed by atoms with van der Waals surface area (Å²) in [6, 6.07) is 8.48. The van der Waals surface area contributed by atoms with Crippen molar-refractivity contribution < 1.29 is 13.6 Å². The van der Waals surface area contributed by atoms with Crippen LogP contribution < -0.4 is 11.1 Å². The van der Waals surface area contributed by atoms with Gasteiger partial charge in [-0.15, -0.1) is 0 Å². The van der Waals surface area contributed by atoms with E-state index in [1.807, 2.05) is 25.1 Å². The summed E-state index contributed by atoms with van der Waals surface area (Å²) in [6.45, 7) is 0.994. The molecule has 0 bridgehead atoms. The summed E-state index contributed by atoms with van der Waals surface area (Å²) in [5, 5.41) is 2.28. The molecule has 0 heterocycles. The van der Waals surface area contributed by atoms with E-state index in [0.717, 1.165) is 5.56 Å². The third kappa shape index (κ3) is 4.54. The maximum Gasteiger partial charge on any atom is 0.277 e. The second-order valence-corrected chi connectivity index (χ2v) is 4.66. The smallest absolute Gasteiger partial charge is 0.277 e. The first-order chi connectivity index (χ1) is 9.41. The largest absolute Gasteiger partial charge is 0.348 e. The zero-order valence-electron chi connectivity index (χ0n) is 11.8. The molecule has 1 unspecified atom stereocenters. The number of hydrogen-bond acceptors (Lipinski definition) is 3. The molecule has 1 atom stereocenters. The molecule has 112 valence electrons. The summed E-state index contributed by atoms with van der Waals surface area (Å²) in [5.41, 5.74) is 5.72. The van der Waals surface area contributed by atoms with Crippen LogP contribution in [-0.4, -0.2) is 43.4 Å². The summed E-state index contributed by atoms with van der Waals surface area (Å²) in [4.78, 5) is 14.0. The van der Waals surface area contributed by atoms with Gasteiger partial charge in [-0.2, -0.15) is 0 Å². The number of halogens is 2. The normalized spacial score (nSPS) is 13.3. The number of nitrogens with zero attached hydrogens (tertiary/aromatic N) is 1. The first kappa shape index (κ1) is 16.5. The minimum Gasteiger partial charge on any atom is -0.348 e. The van der Waals surface area contributed by atoms with Crippen LogP contribution >= 0.6 is 0 Å². The van der Waals surface area contributed by atoms with Gasteiger partial charge >= 0.3 is 0 Å². The van der Waals surface area contributed by atoms with E-state index in [1.165, 1.54) is 0 Å². The molecule has 4 nitrogen and oxygen atoms in total. The molecule has 1 aromatic carbocycles. The number of nitrogens with two attached hydrogens (primary N) is 1. The molecule has 0 spiro atoms. The number of carbonyl (C=O) groups excluding carboxylic acids is 1. The molecule has 1 rings (SSSR count). The van der Waals surface area contributed by atoms with Gasteiger partial charge in [-0.25, -0.2) is 8.78 Å². The summed E-state index contributed by atoms with van der Waals surface area (Å²) in [6.07, 6.45) is 0. The van der Waals surface area contributed by atoms with Gasteiger partial charge in [0.15, 0.2) is 0 Å². The van der Waals surface area contributed by atoms with Gasteiger partial charge in [0, 0.05) is 0 Å². The molecule has 1 amide bonds. The Hall–Kier alpha value is -1.53. The standard InChI is InChI=1S/C14H21F2N3O/c1-3-19(2)12(11-7-5-4-6-8-11)13(20)18-10-14(15,16)9-17/h4-8,12H,3,9-10,17H2,1-2H3,(H,18,20). The number of hydrogen-bond donors (Lipinski definition) is 2. The second kappa shape index (κ2) is 7.31. The highest BCUT2D eigenvalue weighted by Crippen LogP contribution is 2.19. The molecule has 20 heavy (non-hydrogen) atoms. The van der Waals surface area contributed by atoms with Crippen LogP contribution in [0.1, 0.15) is 18.5 Å². The fourth-order valence-electron chi connectivity index (χ4n) is 1.81. The van der Waals surface area contributed by atoms with Gasteiger partial charge in [0.05, 0.1) is 13.1 Å².